The lowest BCUT2D eigenvalue weighted by molar-refractivity contribution is -0.145. The zero-order valence-corrected chi connectivity index (χ0v) is 6.30. The minimum Gasteiger partial charge on any atom is -0.466 e. The zero-order valence-electron chi connectivity index (χ0n) is 5.54. The van der Waals surface area contributed by atoms with Crippen molar-refractivity contribution in [3.8, 4) is 0 Å². The average molecular weight is 166 g/mol. The van der Waals surface area contributed by atoms with Gasteiger partial charge in [0.15, 0.2) is 0 Å². The highest BCUT2D eigenvalue weighted by Gasteiger charge is 1.96. The molecule has 0 heterocycles. The summed E-state index contributed by atoms with van der Waals surface area (Å²) in [6, 6.07) is 0. The molecule has 5 heteroatoms. The molecule has 0 aromatic carbocycles. The molecule has 0 bridgehead atoms. The fourth-order valence-electron chi connectivity index (χ4n) is 0.230. The molecule has 0 radical (unpaired) electrons. The second-order valence-corrected chi connectivity index (χ2v) is 1.60. The fourth-order valence-corrected chi connectivity index (χ4v) is 0.286. The minimum absolute atomic E-state index is 0.177. The summed E-state index contributed by atoms with van der Waals surface area (Å²) in [5, 5.41) is 3.32. The number of carbonyl (C=O) groups is 1. The van der Waals surface area contributed by atoms with E-state index in [0.717, 1.165) is 0 Å². The molecule has 0 aliphatic rings. The van der Waals surface area contributed by atoms with E-state index in [1.165, 1.54) is 13.3 Å². The van der Waals surface area contributed by atoms with Crippen molar-refractivity contribution < 1.29 is 14.4 Å². The number of carbonyl (C=O) groups excluding carboxylic acids is 1. The van der Waals surface area contributed by atoms with Crippen LogP contribution >= 0.6 is 11.6 Å². The van der Waals surface area contributed by atoms with Gasteiger partial charge in [0.2, 0.25) is 6.61 Å². The van der Waals surface area contributed by atoms with Gasteiger partial charge in [-0.15, -0.1) is 11.6 Å². The Morgan fingerprint density at radius 1 is 1.80 bits per heavy atom. The molecule has 0 fully saturated rings. The van der Waals surface area contributed by atoms with Gasteiger partial charge >= 0.3 is 5.97 Å². The van der Waals surface area contributed by atoms with E-state index in [-0.39, 0.29) is 12.5 Å². The van der Waals surface area contributed by atoms with E-state index in [1.807, 2.05) is 0 Å². The van der Waals surface area contributed by atoms with Crippen LogP contribution in [-0.4, -0.2) is 31.8 Å². The molecule has 4 nitrogen and oxygen atoms in total. The van der Waals surface area contributed by atoms with Gasteiger partial charge in [-0.25, -0.2) is 4.79 Å². The average Bonchev–Trinajstić information content (AvgIpc) is 1.98. The number of oxime groups is 1. The molecule has 0 spiro atoms. The molecule has 58 valence electrons. The molecule has 0 saturated heterocycles. The third kappa shape index (κ3) is 5.37. The number of hydrogen-bond donors (Lipinski definition) is 0. The summed E-state index contributed by atoms with van der Waals surface area (Å²) in [6.45, 7) is -0.177. The number of methoxy groups -OCH3 is 1. The number of esters is 1. The maximum Gasteiger partial charge on any atom is 0.346 e. The van der Waals surface area contributed by atoms with Crippen LogP contribution < -0.4 is 0 Å². The summed E-state index contributed by atoms with van der Waals surface area (Å²) < 4.78 is 4.26. The molecular weight excluding hydrogens is 158 g/mol. The van der Waals surface area contributed by atoms with Crippen LogP contribution in [0, 0.1) is 0 Å². The fraction of sp³-hybridized carbons (Fsp3) is 0.600. The number of halogens is 1. The Bertz CT molecular complexity index is 126. The van der Waals surface area contributed by atoms with Gasteiger partial charge in [0, 0.05) is 0 Å². The van der Waals surface area contributed by atoms with Crippen LogP contribution in [0.2, 0.25) is 0 Å². The van der Waals surface area contributed by atoms with Crippen LogP contribution in [0.4, 0.5) is 0 Å². The van der Waals surface area contributed by atoms with E-state index in [4.69, 9.17) is 11.6 Å². The first-order valence-electron chi connectivity index (χ1n) is 2.58. The normalized spacial score (nSPS) is 9.80. The van der Waals surface area contributed by atoms with E-state index >= 15 is 0 Å². The molecule has 0 atom stereocenters. The van der Waals surface area contributed by atoms with Gasteiger partial charge < -0.3 is 9.57 Å². The van der Waals surface area contributed by atoms with Crippen LogP contribution in [-0.2, 0) is 14.4 Å². The van der Waals surface area contributed by atoms with Gasteiger partial charge in [-0.2, -0.15) is 0 Å². The first kappa shape index (κ1) is 9.23. The largest absolute Gasteiger partial charge is 0.466 e. The number of rotatable bonds is 4. The van der Waals surface area contributed by atoms with Gasteiger partial charge in [0.1, 0.15) is 0 Å². The van der Waals surface area contributed by atoms with Crippen molar-refractivity contribution in [1.82, 2.24) is 0 Å². The number of nitrogens with zero attached hydrogens (tertiary/aromatic N) is 1. The highest BCUT2D eigenvalue weighted by Crippen LogP contribution is 1.78. The van der Waals surface area contributed by atoms with Crippen LogP contribution in [0.5, 0.6) is 0 Å². The smallest absolute Gasteiger partial charge is 0.346 e. The molecular formula is C5H8ClNO3. The highest BCUT2D eigenvalue weighted by molar-refractivity contribution is 6.24. The second kappa shape index (κ2) is 6.35. The van der Waals surface area contributed by atoms with Gasteiger partial charge in [-0.05, 0) is 0 Å². The molecule has 0 saturated carbocycles. The first-order valence-corrected chi connectivity index (χ1v) is 3.11. The molecule has 0 N–H and O–H groups in total. The SMILES string of the molecule is COC(=O)CON=CCCl. The van der Waals surface area contributed by atoms with Crippen molar-refractivity contribution in [3.05, 3.63) is 0 Å². The maximum absolute atomic E-state index is 10.3. The third-order valence-electron chi connectivity index (χ3n) is 0.628. The van der Waals surface area contributed by atoms with Crippen LogP contribution in [0.1, 0.15) is 0 Å². The third-order valence-corrected chi connectivity index (χ3v) is 0.766. The lowest BCUT2D eigenvalue weighted by Gasteiger charge is -1.94. The van der Waals surface area contributed by atoms with Gasteiger partial charge in [0.25, 0.3) is 0 Å². The Labute approximate surface area is 63.7 Å². The van der Waals surface area contributed by atoms with Crippen LogP contribution in [0.25, 0.3) is 0 Å². The van der Waals surface area contributed by atoms with Gasteiger partial charge in [0.05, 0.1) is 19.2 Å². The predicted octanol–water partition coefficient (Wildman–Crippen LogP) is 0.401. The first-order chi connectivity index (χ1) is 4.81. The van der Waals surface area contributed by atoms with Crippen LogP contribution in [0.3, 0.4) is 0 Å². The molecule has 0 aliphatic carbocycles. The van der Waals surface area contributed by atoms with E-state index in [9.17, 15) is 4.79 Å². The maximum atomic E-state index is 10.3. The van der Waals surface area contributed by atoms with E-state index in [1.54, 1.807) is 0 Å². The number of hydrogen-bond acceptors (Lipinski definition) is 4. The van der Waals surface area contributed by atoms with Gasteiger partial charge in [-0.1, -0.05) is 5.16 Å². The van der Waals surface area contributed by atoms with Crippen molar-refractivity contribution in [1.29, 1.82) is 0 Å². The van der Waals surface area contributed by atoms with Crippen molar-refractivity contribution in [2.24, 2.45) is 5.16 Å². The van der Waals surface area contributed by atoms with Crippen molar-refractivity contribution >= 4 is 23.8 Å². The summed E-state index contributed by atoms with van der Waals surface area (Å²) in [5.41, 5.74) is 0. The van der Waals surface area contributed by atoms with E-state index < -0.39 is 5.97 Å². The Balaban J connectivity index is 3.19. The summed E-state index contributed by atoms with van der Waals surface area (Å²) in [6.07, 6.45) is 1.34. The van der Waals surface area contributed by atoms with E-state index in [2.05, 4.69) is 14.7 Å². The molecule has 0 aliphatic heterocycles. The Morgan fingerprint density at radius 3 is 3.00 bits per heavy atom. The molecule has 10 heavy (non-hydrogen) atoms. The van der Waals surface area contributed by atoms with Crippen LogP contribution in [0.15, 0.2) is 5.16 Å². The topological polar surface area (TPSA) is 47.9 Å². The van der Waals surface area contributed by atoms with Crippen molar-refractivity contribution in [2.45, 2.75) is 0 Å². The Kier molecular flexibility index (Phi) is 5.86. The molecule has 0 aromatic heterocycles. The van der Waals surface area contributed by atoms with Crippen molar-refractivity contribution in [2.75, 3.05) is 19.6 Å². The quantitative estimate of drug-likeness (QED) is 0.262. The van der Waals surface area contributed by atoms with Crippen molar-refractivity contribution in [3.63, 3.8) is 0 Å². The number of ether oxygens (including phenoxy) is 1. The highest BCUT2D eigenvalue weighted by atomic mass is 35.5. The summed E-state index contributed by atoms with van der Waals surface area (Å²) in [7, 11) is 1.27. The van der Waals surface area contributed by atoms with E-state index in [0.29, 0.717) is 0 Å². The second-order valence-electron chi connectivity index (χ2n) is 1.29. The zero-order chi connectivity index (χ0) is 7.82. The minimum atomic E-state index is -0.466. The summed E-state index contributed by atoms with van der Waals surface area (Å²) >= 11 is 5.21. The van der Waals surface area contributed by atoms with Gasteiger partial charge in [-0.3, -0.25) is 0 Å². The predicted molar refractivity (Wildman–Crippen MR) is 37.2 cm³/mol. The number of alkyl halides is 1. The molecule has 0 amide bonds. The lowest BCUT2D eigenvalue weighted by Crippen LogP contribution is -2.07. The Morgan fingerprint density at radius 2 is 2.50 bits per heavy atom. The summed E-state index contributed by atoms with van der Waals surface area (Å²) in [5.74, 6) is -0.201. The molecule has 0 rings (SSSR count). The monoisotopic (exact) mass is 165 g/mol. The molecule has 0 aromatic rings. The standard InChI is InChI=1S/C5H8ClNO3/c1-9-5(8)4-10-7-3-2-6/h3H,2,4H2,1H3. The lowest BCUT2D eigenvalue weighted by atomic mass is 10.7. The Hall–Kier alpha value is -0.770. The summed E-state index contributed by atoms with van der Waals surface area (Å²) in [4.78, 5) is 14.8. The molecule has 0 unspecified atom stereocenters.